The summed E-state index contributed by atoms with van der Waals surface area (Å²) in [7, 11) is -2.00. The fourth-order valence-corrected chi connectivity index (χ4v) is 6.56. The third kappa shape index (κ3) is 7.14. The molecule has 216 valence electrons. The number of amides is 1. The van der Waals surface area contributed by atoms with Crippen LogP contribution in [-0.4, -0.2) is 73.7 Å². The molecule has 1 aliphatic rings. The van der Waals surface area contributed by atoms with Gasteiger partial charge in [-0.05, 0) is 88.1 Å². The van der Waals surface area contributed by atoms with Crippen LogP contribution < -0.4 is 4.43 Å². The minimum atomic E-state index is -2.00. The van der Waals surface area contributed by atoms with E-state index in [-0.39, 0.29) is 17.0 Å². The van der Waals surface area contributed by atoms with Crippen molar-refractivity contribution in [1.29, 1.82) is 0 Å². The maximum absolute atomic E-state index is 13.8. The molecule has 3 atom stereocenters. The first-order chi connectivity index (χ1) is 18.3. The van der Waals surface area contributed by atoms with Crippen LogP contribution >= 0.6 is 0 Å². The van der Waals surface area contributed by atoms with E-state index in [1.807, 2.05) is 17.0 Å². The van der Waals surface area contributed by atoms with E-state index in [0.717, 1.165) is 42.9 Å². The minimum Gasteiger partial charge on any atom is -0.543 e. The van der Waals surface area contributed by atoms with Gasteiger partial charge in [-0.15, -0.1) is 0 Å². The van der Waals surface area contributed by atoms with Crippen LogP contribution in [0.15, 0.2) is 48.5 Å². The molecule has 0 N–H and O–H groups in total. The largest absolute Gasteiger partial charge is 0.543 e. The maximum Gasteiger partial charge on any atom is 0.254 e. The van der Waals surface area contributed by atoms with E-state index in [9.17, 15) is 4.79 Å². The zero-order valence-electron chi connectivity index (χ0n) is 26.3. The van der Waals surface area contributed by atoms with E-state index in [1.54, 1.807) is 0 Å². The second-order valence-electron chi connectivity index (χ2n) is 12.8. The van der Waals surface area contributed by atoms with Crippen molar-refractivity contribution >= 4 is 14.2 Å². The average Bonchev–Trinajstić information content (AvgIpc) is 2.87. The second-order valence-corrected chi connectivity index (χ2v) is 17.5. The number of hydrogen-bond donors (Lipinski definition) is 0. The molecule has 0 bridgehead atoms. The summed E-state index contributed by atoms with van der Waals surface area (Å²) in [5, 5.41) is 0.116. The lowest BCUT2D eigenvalue weighted by Gasteiger charge is -2.48. The predicted octanol–water partition coefficient (Wildman–Crippen LogP) is 7.45. The highest BCUT2D eigenvalue weighted by atomic mass is 28.4. The van der Waals surface area contributed by atoms with Gasteiger partial charge in [-0.25, -0.2) is 0 Å². The Morgan fingerprint density at radius 1 is 1.00 bits per heavy atom. The molecule has 0 saturated carbocycles. The van der Waals surface area contributed by atoms with Crippen molar-refractivity contribution in [2.45, 2.75) is 98.1 Å². The van der Waals surface area contributed by atoms with Gasteiger partial charge in [-0.3, -0.25) is 14.6 Å². The Kier molecular flexibility index (Phi) is 10.5. The average molecular weight is 552 g/mol. The first kappa shape index (κ1) is 31.4. The monoisotopic (exact) mass is 551 g/mol. The smallest absolute Gasteiger partial charge is 0.254 e. The molecule has 1 aliphatic heterocycles. The molecule has 0 aromatic heterocycles. The maximum atomic E-state index is 13.8. The van der Waals surface area contributed by atoms with Crippen molar-refractivity contribution in [2.24, 2.45) is 0 Å². The first-order valence-corrected chi connectivity index (χ1v) is 17.9. The SMILES string of the molecule is CCCN1C[C@@H](C)N([C@@H](c2cccc(O[Si](C)(C)C(C)(C)C)c2)c2ccccc2C(=O)N(CC)CC)C[C@H]1C. The van der Waals surface area contributed by atoms with Gasteiger partial charge in [0.1, 0.15) is 5.75 Å². The van der Waals surface area contributed by atoms with Crippen LogP contribution in [0.5, 0.6) is 5.75 Å². The molecular weight excluding hydrogens is 498 g/mol. The summed E-state index contributed by atoms with van der Waals surface area (Å²) in [6, 6.07) is 17.7. The molecule has 0 radical (unpaired) electrons. The highest BCUT2D eigenvalue weighted by molar-refractivity contribution is 6.74. The van der Waals surface area contributed by atoms with Crippen LogP contribution in [-0.2, 0) is 0 Å². The van der Waals surface area contributed by atoms with Gasteiger partial charge in [-0.2, -0.15) is 0 Å². The van der Waals surface area contributed by atoms with Crippen LogP contribution in [0.4, 0.5) is 0 Å². The number of carbonyl (C=O) groups excluding carboxylic acids is 1. The molecule has 2 aromatic rings. The fourth-order valence-electron chi connectivity index (χ4n) is 5.54. The van der Waals surface area contributed by atoms with Gasteiger partial charge in [0.05, 0.1) is 6.04 Å². The number of hydrogen-bond acceptors (Lipinski definition) is 4. The van der Waals surface area contributed by atoms with Gasteiger partial charge in [0.15, 0.2) is 0 Å². The molecule has 1 fully saturated rings. The molecule has 6 heteroatoms. The van der Waals surface area contributed by atoms with Crippen LogP contribution in [0.2, 0.25) is 18.1 Å². The van der Waals surface area contributed by atoms with Gasteiger partial charge in [0.2, 0.25) is 8.32 Å². The summed E-state index contributed by atoms with van der Waals surface area (Å²) in [6.45, 7) is 27.0. The zero-order chi connectivity index (χ0) is 29.0. The lowest BCUT2D eigenvalue weighted by atomic mass is 9.90. The van der Waals surface area contributed by atoms with Crippen molar-refractivity contribution in [3.8, 4) is 5.75 Å². The van der Waals surface area contributed by atoms with Crippen LogP contribution in [0.1, 0.15) is 89.3 Å². The van der Waals surface area contributed by atoms with E-state index >= 15 is 0 Å². The van der Waals surface area contributed by atoms with E-state index in [0.29, 0.717) is 25.2 Å². The Hall–Kier alpha value is -2.15. The molecule has 0 spiro atoms. The number of nitrogens with zero attached hydrogens (tertiary/aromatic N) is 3. The first-order valence-electron chi connectivity index (χ1n) is 15.0. The summed E-state index contributed by atoms with van der Waals surface area (Å²) in [5.74, 6) is 1.04. The Balaban J connectivity index is 2.14. The standard InChI is InChI=1S/C33H53N3O2Si/c1-11-21-35-23-26(5)36(24-25(35)4)31(29-19-14-15-20-30(29)32(37)34(12-2)13-3)27-17-16-18-28(22-27)38-39(9,10)33(6,7)8/h14-20,22,25-26,31H,11-13,21,23-24H2,1-10H3/t25-,26-,31+/m1/s1. The molecule has 1 saturated heterocycles. The highest BCUT2D eigenvalue weighted by Gasteiger charge is 2.40. The van der Waals surface area contributed by atoms with Crippen molar-refractivity contribution < 1.29 is 9.22 Å². The zero-order valence-corrected chi connectivity index (χ0v) is 27.3. The number of benzene rings is 2. The molecule has 5 nitrogen and oxygen atoms in total. The minimum absolute atomic E-state index is 0.0371. The van der Waals surface area contributed by atoms with Crippen LogP contribution in [0.25, 0.3) is 0 Å². The molecular formula is C33H53N3O2Si. The normalized spacial score (nSPS) is 20.1. The number of piperazine rings is 1. The molecule has 39 heavy (non-hydrogen) atoms. The predicted molar refractivity (Wildman–Crippen MR) is 167 cm³/mol. The Morgan fingerprint density at radius 3 is 2.28 bits per heavy atom. The molecule has 1 amide bonds. The molecule has 3 rings (SSSR count). The Morgan fingerprint density at radius 2 is 1.67 bits per heavy atom. The van der Waals surface area contributed by atoms with Gasteiger partial charge in [0, 0.05) is 43.8 Å². The van der Waals surface area contributed by atoms with Crippen LogP contribution in [0.3, 0.4) is 0 Å². The summed E-state index contributed by atoms with van der Waals surface area (Å²) in [5.41, 5.74) is 3.08. The van der Waals surface area contributed by atoms with Crippen molar-refractivity contribution in [3.05, 3.63) is 65.2 Å². The highest BCUT2D eigenvalue weighted by Crippen LogP contribution is 2.40. The lowest BCUT2D eigenvalue weighted by molar-refractivity contribution is 0.0238. The van der Waals surface area contributed by atoms with E-state index in [4.69, 9.17) is 4.43 Å². The third-order valence-corrected chi connectivity index (χ3v) is 13.3. The Bertz CT molecular complexity index is 1090. The van der Waals surface area contributed by atoms with Gasteiger partial charge in [-0.1, -0.05) is 58.0 Å². The van der Waals surface area contributed by atoms with E-state index in [1.165, 1.54) is 5.56 Å². The summed E-state index contributed by atoms with van der Waals surface area (Å²) in [4.78, 5) is 20.9. The fraction of sp³-hybridized carbons (Fsp3) is 0.606. The third-order valence-electron chi connectivity index (χ3n) is 8.90. The van der Waals surface area contributed by atoms with E-state index < -0.39 is 8.32 Å². The van der Waals surface area contributed by atoms with Crippen molar-refractivity contribution in [2.75, 3.05) is 32.7 Å². The second kappa shape index (κ2) is 13.0. The number of rotatable bonds is 10. The van der Waals surface area contributed by atoms with E-state index in [2.05, 4.69) is 115 Å². The van der Waals surface area contributed by atoms with Gasteiger partial charge >= 0.3 is 0 Å². The lowest BCUT2D eigenvalue weighted by Crippen LogP contribution is -2.57. The van der Waals surface area contributed by atoms with Crippen molar-refractivity contribution in [1.82, 2.24) is 14.7 Å². The quantitative estimate of drug-likeness (QED) is 0.287. The summed E-state index contributed by atoms with van der Waals surface area (Å²) >= 11 is 0. The molecule has 1 heterocycles. The molecule has 0 aliphatic carbocycles. The Labute approximate surface area is 239 Å². The molecule has 2 aromatic carbocycles. The van der Waals surface area contributed by atoms with Crippen LogP contribution in [0, 0.1) is 0 Å². The number of carbonyl (C=O) groups is 1. The van der Waals surface area contributed by atoms with Crippen molar-refractivity contribution in [3.63, 3.8) is 0 Å². The topological polar surface area (TPSA) is 36.0 Å². The summed E-state index contributed by atoms with van der Waals surface area (Å²) < 4.78 is 6.76. The summed E-state index contributed by atoms with van der Waals surface area (Å²) in [6.07, 6.45) is 1.16. The van der Waals surface area contributed by atoms with Gasteiger partial charge in [0.25, 0.3) is 5.91 Å². The van der Waals surface area contributed by atoms with Gasteiger partial charge < -0.3 is 9.33 Å². The molecule has 0 unspecified atom stereocenters.